The molecule has 4 heteroatoms. The molecule has 0 atom stereocenters. The Bertz CT molecular complexity index is 846. The van der Waals surface area contributed by atoms with E-state index in [1.54, 1.807) is 62.4 Å². The van der Waals surface area contributed by atoms with Crippen molar-refractivity contribution in [3.8, 4) is 0 Å². The van der Waals surface area contributed by atoms with E-state index in [0.29, 0.717) is 11.1 Å². The summed E-state index contributed by atoms with van der Waals surface area (Å²) in [4.78, 5) is 12.5. The zero-order chi connectivity index (χ0) is 16.9. The molecule has 0 spiro atoms. The Hall–Kier alpha value is -2.46. The lowest BCUT2D eigenvalue weighted by Crippen LogP contribution is -2.15. The molecule has 2 aromatic carbocycles. The Morgan fingerprint density at radius 2 is 1.43 bits per heavy atom. The van der Waals surface area contributed by atoms with Gasteiger partial charge in [-0.3, -0.25) is 4.79 Å². The smallest absolute Gasteiger partial charge is 0.210 e. The van der Waals surface area contributed by atoms with E-state index in [4.69, 9.17) is 0 Å². The second kappa shape index (κ2) is 7.20. The van der Waals surface area contributed by atoms with Gasteiger partial charge in [-0.1, -0.05) is 54.6 Å². The highest BCUT2D eigenvalue weighted by Crippen LogP contribution is 2.24. The number of hydrogen-bond donors (Lipinski definition) is 0. The van der Waals surface area contributed by atoms with Crippen LogP contribution in [-0.2, 0) is 14.6 Å². The lowest BCUT2D eigenvalue weighted by molar-refractivity contribution is -0.111. The predicted molar refractivity (Wildman–Crippen MR) is 92.5 cm³/mol. The third-order valence-corrected chi connectivity index (χ3v) is 5.23. The molecule has 0 bridgehead atoms. The van der Waals surface area contributed by atoms with Crippen LogP contribution in [0.15, 0.2) is 82.1 Å². The molecule has 0 aliphatic carbocycles. The lowest BCUT2D eigenvalue weighted by atomic mass is 10.1. The Morgan fingerprint density at radius 1 is 0.913 bits per heavy atom. The molecular weight excluding hydrogens is 308 g/mol. The second-order valence-corrected chi connectivity index (χ2v) is 6.95. The Kier molecular flexibility index (Phi) is 5.29. The first-order valence-corrected chi connectivity index (χ1v) is 8.69. The fourth-order valence-electron chi connectivity index (χ4n) is 2.02. The molecule has 0 radical (unpaired) electrons. The van der Waals surface area contributed by atoms with Crippen molar-refractivity contribution in [2.75, 3.05) is 0 Å². The van der Waals surface area contributed by atoms with Crippen molar-refractivity contribution in [1.82, 2.24) is 0 Å². The van der Waals surface area contributed by atoms with Crippen LogP contribution in [0, 0.1) is 0 Å². The lowest BCUT2D eigenvalue weighted by Gasteiger charge is -2.09. The van der Waals surface area contributed by atoms with Gasteiger partial charge in [0, 0.05) is 0 Å². The SMILES string of the molecule is C/C=C(\C)C(=O)/C(=C\c1ccccc1)S(=O)(=O)c1ccccc1. The van der Waals surface area contributed by atoms with E-state index < -0.39 is 15.6 Å². The van der Waals surface area contributed by atoms with E-state index in [9.17, 15) is 13.2 Å². The highest BCUT2D eigenvalue weighted by molar-refractivity contribution is 7.96. The standard InChI is InChI=1S/C19H18O3S/c1-3-15(2)19(20)18(14-16-10-6-4-7-11-16)23(21,22)17-12-8-5-9-13-17/h3-14H,1-2H3/b15-3+,18-14+. The second-order valence-electron chi connectivity index (χ2n) is 5.04. The summed E-state index contributed by atoms with van der Waals surface area (Å²) in [5.74, 6) is -0.486. The quantitative estimate of drug-likeness (QED) is 0.779. The first-order chi connectivity index (χ1) is 11.0. The van der Waals surface area contributed by atoms with Crippen molar-refractivity contribution in [2.24, 2.45) is 0 Å². The van der Waals surface area contributed by atoms with Gasteiger partial charge < -0.3 is 0 Å². The molecule has 0 saturated carbocycles. The summed E-state index contributed by atoms with van der Waals surface area (Å²) in [6, 6.07) is 17.0. The van der Waals surface area contributed by atoms with Crippen molar-refractivity contribution in [2.45, 2.75) is 18.7 Å². The van der Waals surface area contributed by atoms with Gasteiger partial charge in [0.15, 0.2) is 5.78 Å². The van der Waals surface area contributed by atoms with Gasteiger partial charge in [0.1, 0.15) is 4.91 Å². The van der Waals surface area contributed by atoms with Crippen molar-refractivity contribution in [1.29, 1.82) is 0 Å². The minimum atomic E-state index is -3.88. The zero-order valence-electron chi connectivity index (χ0n) is 13.1. The van der Waals surface area contributed by atoms with Gasteiger partial charge in [0.25, 0.3) is 0 Å². The molecule has 3 nitrogen and oxygen atoms in total. The summed E-state index contributed by atoms with van der Waals surface area (Å²) in [5.41, 5.74) is 1.06. The van der Waals surface area contributed by atoms with Crippen LogP contribution >= 0.6 is 0 Å². The zero-order valence-corrected chi connectivity index (χ0v) is 13.9. The largest absolute Gasteiger partial charge is 0.288 e. The van der Waals surface area contributed by atoms with E-state index in [2.05, 4.69) is 0 Å². The number of carbonyl (C=O) groups excluding carboxylic acids is 1. The topological polar surface area (TPSA) is 51.2 Å². The van der Waals surface area contributed by atoms with Crippen LogP contribution in [-0.4, -0.2) is 14.2 Å². The molecule has 0 aliphatic rings. The molecule has 0 amide bonds. The van der Waals surface area contributed by atoms with Crippen molar-refractivity contribution in [3.63, 3.8) is 0 Å². The van der Waals surface area contributed by atoms with E-state index in [-0.39, 0.29) is 9.80 Å². The summed E-state index contributed by atoms with van der Waals surface area (Å²) >= 11 is 0. The molecule has 0 heterocycles. The number of benzene rings is 2. The van der Waals surface area contributed by atoms with Gasteiger partial charge in [-0.25, -0.2) is 8.42 Å². The Labute approximate surface area is 136 Å². The van der Waals surface area contributed by atoms with Gasteiger partial charge in [-0.2, -0.15) is 0 Å². The minimum Gasteiger partial charge on any atom is -0.288 e. The van der Waals surface area contributed by atoms with Crippen LogP contribution in [0.5, 0.6) is 0 Å². The van der Waals surface area contributed by atoms with Crippen LogP contribution in [0.25, 0.3) is 6.08 Å². The number of ketones is 1. The molecule has 23 heavy (non-hydrogen) atoms. The van der Waals surface area contributed by atoms with Gasteiger partial charge >= 0.3 is 0 Å². The van der Waals surface area contributed by atoms with Crippen LogP contribution in [0.4, 0.5) is 0 Å². The maximum atomic E-state index is 12.9. The number of hydrogen-bond acceptors (Lipinski definition) is 3. The number of Topliss-reactive ketones (excluding diaryl/α,β-unsaturated/α-hetero) is 1. The summed E-state index contributed by atoms with van der Waals surface area (Å²) in [6.45, 7) is 3.32. The highest BCUT2D eigenvalue weighted by Gasteiger charge is 2.27. The third-order valence-electron chi connectivity index (χ3n) is 3.46. The number of sulfone groups is 1. The molecule has 2 rings (SSSR count). The predicted octanol–water partition coefficient (Wildman–Crippen LogP) is 4.04. The molecule has 0 unspecified atom stereocenters. The van der Waals surface area contributed by atoms with Gasteiger partial charge in [0.2, 0.25) is 9.84 Å². The molecule has 0 N–H and O–H groups in total. The molecule has 2 aromatic rings. The van der Waals surface area contributed by atoms with Gasteiger partial charge in [-0.15, -0.1) is 0 Å². The highest BCUT2D eigenvalue weighted by atomic mass is 32.2. The molecule has 0 aliphatic heterocycles. The van der Waals surface area contributed by atoms with E-state index in [1.165, 1.54) is 18.2 Å². The minimum absolute atomic E-state index is 0.111. The Balaban J connectivity index is 2.64. The number of carbonyl (C=O) groups is 1. The third kappa shape index (κ3) is 3.85. The molecule has 0 aromatic heterocycles. The Morgan fingerprint density at radius 3 is 1.96 bits per heavy atom. The van der Waals surface area contributed by atoms with Gasteiger partial charge in [0.05, 0.1) is 4.90 Å². The summed E-state index contributed by atoms with van der Waals surface area (Å²) in [5, 5.41) is 0. The van der Waals surface area contributed by atoms with Crippen molar-refractivity contribution >= 4 is 21.7 Å². The van der Waals surface area contributed by atoms with E-state index in [0.717, 1.165) is 0 Å². The maximum Gasteiger partial charge on any atom is 0.210 e. The molecule has 118 valence electrons. The molecule has 0 saturated heterocycles. The van der Waals surface area contributed by atoms with Crippen LogP contribution in [0.2, 0.25) is 0 Å². The molecular formula is C19H18O3S. The van der Waals surface area contributed by atoms with Crippen LogP contribution < -0.4 is 0 Å². The van der Waals surface area contributed by atoms with Crippen molar-refractivity contribution < 1.29 is 13.2 Å². The van der Waals surface area contributed by atoms with Crippen LogP contribution in [0.3, 0.4) is 0 Å². The summed E-state index contributed by atoms with van der Waals surface area (Å²) in [7, 11) is -3.88. The normalized spacial score (nSPS) is 13.0. The first kappa shape index (κ1) is 16.9. The fourth-order valence-corrected chi connectivity index (χ4v) is 3.48. The van der Waals surface area contributed by atoms with Crippen LogP contribution in [0.1, 0.15) is 19.4 Å². The first-order valence-electron chi connectivity index (χ1n) is 7.21. The fraction of sp³-hybridized carbons (Fsp3) is 0.105. The van der Waals surface area contributed by atoms with E-state index >= 15 is 0 Å². The average Bonchev–Trinajstić information content (AvgIpc) is 2.60. The number of rotatable bonds is 5. The monoisotopic (exact) mass is 326 g/mol. The molecule has 0 fully saturated rings. The van der Waals surface area contributed by atoms with Gasteiger partial charge in [-0.05, 0) is 43.2 Å². The maximum absolute atomic E-state index is 12.9. The number of allylic oxidation sites excluding steroid dienone is 3. The van der Waals surface area contributed by atoms with Crippen molar-refractivity contribution in [3.05, 3.63) is 82.8 Å². The summed E-state index contributed by atoms with van der Waals surface area (Å²) in [6.07, 6.45) is 3.04. The average molecular weight is 326 g/mol. The summed E-state index contributed by atoms with van der Waals surface area (Å²) < 4.78 is 25.8. The van der Waals surface area contributed by atoms with E-state index in [1.807, 2.05) is 6.07 Å².